The van der Waals surface area contributed by atoms with Crippen LogP contribution in [0.25, 0.3) is 0 Å². The fraction of sp³-hybridized carbons (Fsp3) is 0.818. The van der Waals surface area contributed by atoms with E-state index in [9.17, 15) is 9.59 Å². The smallest absolute Gasteiger partial charge is 0.326 e. The summed E-state index contributed by atoms with van der Waals surface area (Å²) in [5.74, 6) is -1.07. The van der Waals surface area contributed by atoms with E-state index in [1.165, 1.54) is 0 Å². The lowest BCUT2D eigenvalue weighted by atomic mass is 10.1. The molecule has 16 heavy (non-hydrogen) atoms. The number of carboxylic acids is 1. The fourth-order valence-corrected chi connectivity index (χ4v) is 1.38. The molecule has 1 aliphatic carbocycles. The molecular weight excluding hydrogens is 208 g/mol. The number of hydrogen-bond acceptors (Lipinski definition) is 3. The van der Waals surface area contributed by atoms with Gasteiger partial charge in [0.05, 0.1) is 6.54 Å². The Morgan fingerprint density at radius 2 is 1.94 bits per heavy atom. The van der Waals surface area contributed by atoms with Crippen LogP contribution in [0.3, 0.4) is 0 Å². The number of carbonyl (C=O) groups is 2. The first-order chi connectivity index (χ1) is 7.29. The molecule has 0 heterocycles. The SMILES string of the molecule is CC(C)(C)NCC(=O)NC(C(=O)O)C1CC1. The lowest BCUT2D eigenvalue weighted by Crippen LogP contribution is -2.48. The molecule has 1 unspecified atom stereocenters. The Kier molecular flexibility index (Phi) is 3.91. The Hall–Kier alpha value is -1.10. The Labute approximate surface area is 95.6 Å². The molecule has 3 N–H and O–H groups in total. The second kappa shape index (κ2) is 4.82. The summed E-state index contributed by atoms with van der Waals surface area (Å²) >= 11 is 0. The maximum Gasteiger partial charge on any atom is 0.326 e. The van der Waals surface area contributed by atoms with Gasteiger partial charge in [-0.15, -0.1) is 0 Å². The molecule has 0 saturated heterocycles. The first-order valence-corrected chi connectivity index (χ1v) is 5.57. The number of rotatable bonds is 5. The molecule has 0 spiro atoms. The van der Waals surface area contributed by atoms with Crippen LogP contribution in [0.5, 0.6) is 0 Å². The molecule has 0 aromatic carbocycles. The van der Waals surface area contributed by atoms with Crippen LogP contribution < -0.4 is 10.6 Å². The highest BCUT2D eigenvalue weighted by Crippen LogP contribution is 2.32. The second-order valence-corrected chi connectivity index (χ2v) is 5.32. The number of aliphatic carboxylic acids is 1. The molecule has 1 fully saturated rings. The van der Waals surface area contributed by atoms with Crippen molar-refractivity contribution in [3.05, 3.63) is 0 Å². The van der Waals surface area contributed by atoms with Crippen molar-refractivity contribution in [2.45, 2.75) is 45.2 Å². The van der Waals surface area contributed by atoms with E-state index in [-0.39, 0.29) is 23.9 Å². The van der Waals surface area contributed by atoms with Crippen molar-refractivity contribution in [3.8, 4) is 0 Å². The molecule has 1 saturated carbocycles. The molecule has 0 radical (unpaired) electrons. The Balaban J connectivity index is 2.34. The highest BCUT2D eigenvalue weighted by Gasteiger charge is 2.37. The zero-order valence-corrected chi connectivity index (χ0v) is 10.0. The minimum absolute atomic E-state index is 0.121. The number of nitrogens with one attached hydrogen (secondary N) is 2. The van der Waals surface area contributed by atoms with E-state index < -0.39 is 12.0 Å². The van der Waals surface area contributed by atoms with Gasteiger partial charge in [-0.3, -0.25) is 4.79 Å². The quantitative estimate of drug-likeness (QED) is 0.634. The zero-order chi connectivity index (χ0) is 12.3. The summed E-state index contributed by atoms with van der Waals surface area (Å²) in [6.45, 7) is 6.02. The van der Waals surface area contributed by atoms with Gasteiger partial charge in [-0.2, -0.15) is 0 Å². The van der Waals surface area contributed by atoms with Gasteiger partial charge >= 0.3 is 5.97 Å². The van der Waals surface area contributed by atoms with Crippen molar-refractivity contribution in [2.75, 3.05) is 6.54 Å². The van der Waals surface area contributed by atoms with Gasteiger partial charge in [0.2, 0.25) is 5.91 Å². The third-order valence-corrected chi connectivity index (χ3v) is 2.46. The standard InChI is InChI=1S/C11H20N2O3/c1-11(2,3)12-6-8(14)13-9(10(15)16)7-4-5-7/h7,9,12H,4-6H2,1-3H3,(H,13,14)(H,15,16). The predicted octanol–water partition coefficient (Wildman–Crippen LogP) is 0.354. The van der Waals surface area contributed by atoms with Crippen LogP contribution in [0.4, 0.5) is 0 Å². The van der Waals surface area contributed by atoms with Crippen LogP contribution in [0.2, 0.25) is 0 Å². The Bertz CT molecular complexity index is 279. The van der Waals surface area contributed by atoms with Crippen molar-refractivity contribution >= 4 is 11.9 Å². The Morgan fingerprint density at radius 3 is 2.31 bits per heavy atom. The molecule has 1 rings (SSSR count). The molecule has 0 aliphatic heterocycles. The van der Waals surface area contributed by atoms with Crippen molar-refractivity contribution in [1.29, 1.82) is 0 Å². The van der Waals surface area contributed by atoms with Gasteiger partial charge in [-0.05, 0) is 39.5 Å². The van der Waals surface area contributed by atoms with Gasteiger partial charge in [-0.25, -0.2) is 4.79 Å². The lowest BCUT2D eigenvalue weighted by Gasteiger charge is -2.21. The summed E-state index contributed by atoms with van der Waals surface area (Å²) in [5.41, 5.74) is -0.143. The first-order valence-electron chi connectivity index (χ1n) is 5.57. The number of hydrogen-bond donors (Lipinski definition) is 3. The van der Waals surface area contributed by atoms with E-state index in [4.69, 9.17) is 5.11 Å². The van der Waals surface area contributed by atoms with Gasteiger partial charge in [0.1, 0.15) is 6.04 Å². The van der Waals surface area contributed by atoms with Crippen molar-refractivity contribution < 1.29 is 14.7 Å². The van der Waals surface area contributed by atoms with Gasteiger partial charge < -0.3 is 15.7 Å². The third kappa shape index (κ3) is 4.61. The Morgan fingerprint density at radius 1 is 1.38 bits per heavy atom. The molecule has 0 bridgehead atoms. The lowest BCUT2D eigenvalue weighted by molar-refractivity contribution is -0.142. The van der Waals surface area contributed by atoms with E-state index in [1.54, 1.807) is 0 Å². The average Bonchev–Trinajstić information content (AvgIpc) is 2.92. The van der Waals surface area contributed by atoms with E-state index in [0.717, 1.165) is 12.8 Å². The molecular formula is C11H20N2O3. The highest BCUT2D eigenvalue weighted by molar-refractivity contribution is 5.85. The van der Waals surface area contributed by atoms with Crippen LogP contribution in [0.15, 0.2) is 0 Å². The largest absolute Gasteiger partial charge is 0.480 e. The van der Waals surface area contributed by atoms with Crippen molar-refractivity contribution in [2.24, 2.45) is 5.92 Å². The third-order valence-electron chi connectivity index (χ3n) is 2.46. The molecule has 1 aliphatic rings. The van der Waals surface area contributed by atoms with Crippen molar-refractivity contribution in [3.63, 3.8) is 0 Å². The summed E-state index contributed by atoms with van der Waals surface area (Å²) in [5, 5.41) is 14.5. The molecule has 1 amide bonds. The fourth-order valence-electron chi connectivity index (χ4n) is 1.38. The number of carboxylic acid groups (broad SMARTS) is 1. The van der Waals surface area contributed by atoms with Crippen LogP contribution in [-0.2, 0) is 9.59 Å². The van der Waals surface area contributed by atoms with Crippen LogP contribution >= 0.6 is 0 Å². The van der Waals surface area contributed by atoms with Crippen molar-refractivity contribution in [1.82, 2.24) is 10.6 Å². The summed E-state index contributed by atoms with van der Waals surface area (Å²) in [6.07, 6.45) is 1.79. The predicted molar refractivity (Wildman–Crippen MR) is 60.0 cm³/mol. The minimum Gasteiger partial charge on any atom is -0.480 e. The zero-order valence-electron chi connectivity index (χ0n) is 10.0. The summed E-state index contributed by atoms with van der Waals surface area (Å²) in [7, 11) is 0. The summed E-state index contributed by atoms with van der Waals surface area (Å²) in [4.78, 5) is 22.4. The van der Waals surface area contributed by atoms with Crippen LogP contribution in [0.1, 0.15) is 33.6 Å². The van der Waals surface area contributed by atoms with E-state index in [1.807, 2.05) is 20.8 Å². The van der Waals surface area contributed by atoms with Gasteiger partial charge in [0.15, 0.2) is 0 Å². The molecule has 0 aromatic heterocycles. The van der Waals surface area contributed by atoms with Crippen LogP contribution in [0, 0.1) is 5.92 Å². The van der Waals surface area contributed by atoms with Crippen LogP contribution in [-0.4, -0.2) is 35.1 Å². The van der Waals surface area contributed by atoms with E-state index in [0.29, 0.717) is 0 Å². The van der Waals surface area contributed by atoms with Gasteiger partial charge in [0, 0.05) is 5.54 Å². The van der Waals surface area contributed by atoms with Gasteiger partial charge in [0.25, 0.3) is 0 Å². The minimum atomic E-state index is -0.938. The molecule has 5 heteroatoms. The number of carbonyl (C=O) groups excluding carboxylic acids is 1. The molecule has 92 valence electrons. The van der Waals surface area contributed by atoms with E-state index >= 15 is 0 Å². The normalized spacial score (nSPS) is 17.9. The molecule has 1 atom stereocenters. The monoisotopic (exact) mass is 228 g/mol. The average molecular weight is 228 g/mol. The molecule has 5 nitrogen and oxygen atoms in total. The highest BCUT2D eigenvalue weighted by atomic mass is 16.4. The molecule has 0 aromatic rings. The first kappa shape index (κ1) is 13.0. The summed E-state index contributed by atoms with van der Waals surface area (Å²) < 4.78 is 0. The number of amides is 1. The van der Waals surface area contributed by atoms with Gasteiger partial charge in [-0.1, -0.05) is 0 Å². The second-order valence-electron chi connectivity index (χ2n) is 5.32. The van der Waals surface area contributed by atoms with E-state index in [2.05, 4.69) is 10.6 Å². The topological polar surface area (TPSA) is 78.4 Å². The maximum absolute atomic E-state index is 11.5. The summed E-state index contributed by atoms with van der Waals surface area (Å²) in [6, 6.07) is -0.714. The maximum atomic E-state index is 11.5.